The van der Waals surface area contributed by atoms with E-state index in [1.54, 1.807) is 18.2 Å². The molecule has 2 aliphatic rings. The Hall–Kier alpha value is -1.07. The van der Waals surface area contributed by atoms with Gasteiger partial charge in [0.25, 0.3) is 0 Å². The van der Waals surface area contributed by atoms with E-state index in [9.17, 15) is 8.42 Å². The first-order chi connectivity index (χ1) is 8.56. The standard InChI is InChI=1S/C13H18N2O2S/c14-11-2-1-3-12(8-11)18(16,17)15-13(9-4-5-9)10-6-7-10/h1-3,8-10,13,15H,4-7,14H2. The molecule has 0 spiro atoms. The molecule has 2 saturated carbocycles. The summed E-state index contributed by atoms with van der Waals surface area (Å²) in [6.07, 6.45) is 4.61. The Balaban J connectivity index is 1.81. The summed E-state index contributed by atoms with van der Waals surface area (Å²) in [7, 11) is -3.42. The summed E-state index contributed by atoms with van der Waals surface area (Å²) in [5.74, 6) is 1.10. The van der Waals surface area contributed by atoms with Crippen molar-refractivity contribution in [3.8, 4) is 0 Å². The molecule has 4 nitrogen and oxygen atoms in total. The third kappa shape index (κ3) is 2.52. The summed E-state index contributed by atoms with van der Waals surface area (Å²) in [6, 6.07) is 6.61. The molecule has 0 aliphatic heterocycles. The molecule has 0 bridgehead atoms. The fourth-order valence-electron chi connectivity index (χ4n) is 2.42. The minimum atomic E-state index is -3.42. The van der Waals surface area contributed by atoms with Gasteiger partial charge in [0.1, 0.15) is 0 Å². The van der Waals surface area contributed by atoms with Crippen LogP contribution in [0.25, 0.3) is 0 Å². The van der Waals surface area contributed by atoms with E-state index in [4.69, 9.17) is 5.73 Å². The Morgan fingerprint density at radius 1 is 1.17 bits per heavy atom. The summed E-state index contributed by atoms with van der Waals surface area (Å²) in [5.41, 5.74) is 6.12. The molecule has 1 aromatic carbocycles. The lowest BCUT2D eigenvalue weighted by atomic mass is 10.1. The number of anilines is 1. The summed E-state index contributed by atoms with van der Waals surface area (Å²) >= 11 is 0. The highest BCUT2D eigenvalue weighted by Crippen LogP contribution is 2.45. The lowest BCUT2D eigenvalue weighted by molar-refractivity contribution is 0.471. The molecule has 98 valence electrons. The molecule has 0 heterocycles. The van der Waals surface area contributed by atoms with Crippen LogP contribution < -0.4 is 10.5 Å². The summed E-state index contributed by atoms with van der Waals surface area (Å²) < 4.78 is 27.5. The highest BCUT2D eigenvalue weighted by molar-refractivity contribution is 7.89. The van der Waals surface area contributed by atoms with Crippen LogP contribution in [0.5, 0.6) is 0 Å². The van der Waals surface area contributed by atoms with E-state index in [-0.39, 0.29) is 10.9 Å². The molecule has 0 unspecified atom stereocenters. The zero-order valence-electron chi connectivity index (χ0n) is 10.2. The number of rotatable bonds is 5. The van der Waals surface area contributed by atoms with E-state index < -0.39 is 10.0 Å². The molecule has 1 aromatic rings. The zero-order valence-corrected chi connectivity index (χ0v) is 11.0. The first kappa shape index (κ1) is 12.0. The van der Waals surface area contributed by atoms with Crippen molar-refractivity contribution in [3.05, 3.63) is 24.3 Å². The number of nitrogens with two attached hydrogens (primary N) is 1. The summed E-state index contributed by atoms with van der Waals surface area (Å²) in [5, 5.41) is 0. The molecule has 3 N–H and O–H groups in total. The van der Waals surface area contributed by atoms with E-state index in [2.05, 4.69) is 4.72 Å². The molecule has 5 heteroatoms. The van der Waals surface area contributed by atoms with Crippen LogP contribution in [-0.2, 0) is 10.0 Å². The molecule has 2 aliphatic carbocycles. The molecule has 0 saturated heterocycles. The fourth-order valence-corrected chi connectivity index (χ4v) is 3.85. The lowest BCUT2D eigenvalue weighted by Gasteiger charge is -2.17. The van der Waals surface area contributed by atoms with Crippen LogP contribution >= 0.6 is 0 Å². The van der Waals surface area contributed by atoms with Crippen LogP contribution in [0.15, 0.2) is 29.2 Å². The normalized spacial score (nSPS) is 20.3. The quantitative estimate of drug-likeness (QED) is 0.797. The highest BCUT2D eigenvalue weighted by atomic mass is 32.2. The number of hydrogen-bond donors (Lipinski definition) is 2. The molecular weight excluding hydrogens is 248 g/mol. The van der Waals surface area contributed by atoms with E-state index in [1.807, 2.05) is 0 Å². The first-order valence-corrected chi connectivity index (χ1v) is 7.92. The molecule has 3 rings (SSSR count). The maximum atomic E-state index is 12.3. The van der Waals surface area contributed by atoms with E-state index >= 15 is 0 Å². The van der Waals surface area contributed by atoms with E-state index in [0.29, 0.717) is 17.5 Å². The second kappa shape index (κ2) is 4.24. The smallest absolute Gasteiger partial charge is 0.240 e. The molecule has 0 aromatic heterocycles. The van der Waals surface area contributed by atoms with Gasteiger partial charge in [0, 0.05) is 11.7 Å². The molecule has 18 heavy (non-hydrogen) atoms. The van der Waals surface area contributed by atoms with Crippen molar-refractivity contribution >= 4 is 15.7 Å². The minimum absolute atomic E-state index is 0.136. The van der Waals surface area contributed by atoms with Gasteiger partial charge in [-0.05, 0) is 55.7 Å². The van der Waals surface area contributed by atoms with E-state index in [1.165, 1.54) is 6.07 Å². The Labute approximate surface area is 108 Å². The van der Waals surface area contributed by atoms with Crippen molar-refractivity contribution in [1.29, 1.82) is 0 Å². The van der Waals surface area contributed by atoms with Crippen molar-refractivity contribution in [2.24, 2.45) is 11.8 Å². The van der Waals surface area contributed by atoms with Gasteiger partial charge in [0.15, 0.2) is 0 Å². The summed E-state index contributed by atoms with van der Waals surface area (Å²) in [6.45, 7) is 0. The van der Waals surface area contributed by atoms with Crippen LogP contribution in [0.1, 0.15) is 25.7 Å². The molecular formula is C13H18N2O2S. The van der Waals surface area contributed by atoms with Crippen molar-refractivity contribution in [2.45, 2.75) is 36.6 Å². The zero-order chi connectivity index (χ0) is 12.8. The maximum Gasteiger partial charge on any atom is 0.240 e. The topological polar surface area (TPSA) is 72.2 Å². The number of sulfonamides is 1. The fraction of sp³-hybridized carbons (Fsp3) is 0.538. The van der Waals surface area contributed by atoms with Gasteiger partial charge in [-0.15, -0.1) is 0 Å². The summed E-state index contributed by atoms with van der Waals surface area (Å²) in [4.78, 5) is 0.272. The Kier molecular flexibility index (Phi) is 2.83. The number of benzene rings is 1. The predicted molar refractivity (Wildman–Crippen MR) is 70.4 cm³/mol. The number of nitrogen functional groups attached to an aromatic ring is 1. The minimum Gasteiger partial charge on any atom is -0.399 e. The van der Waals surface area contributed by atoms with Gasteiger partial charge in [-0.25, -0.2) is 13.1 Å². The van der Waals surface area contributed by atoms with Gasteiger partial charge in [0.05, 0.1) is 4.90 Å². The van der Waals surface area contributed by atoms with Crippen molar-refractivity contribution in [3.63, 3.8) is 0 Å². The van der Waals surface area contributed by atoms with Gasteiger partial charge in [-0.2, -0.15) is 0 Å². The molecule has 0 amide bonds. The van der Waals surface area contributed by atoms with Gasteiger partial charge in [0.2, 0.25) is 10.0 Å². The molecule has 0 atom stereocenters. The average molecular weight is 266 g/mol. The van der Waals surface area contributed by atoms with E-state index in [0.717, 1.165) is 25.7 Å². The Morgan fingerprint density at radius 2 is 1.78 bits per heavy atom. The molecule has 2 fully saturated rings. The predicted octanol–water partition coefficient (Wildman–Crippen LogP) is 1.74. The lowest BCUT2D eigenvalue weighted by Crippen LogP contribution is -2.38. The number of hydrogen-bond acceptors (Lipinski definition) is 3. The monoisotopic (exact) mass is 266 g/mol. The van der Waals surface area contributed by atoms with Crippen molar-refractivity contribution in [1.82, 2.24) is 4.72 Å². The second-order valence-electron chi connectivity index (χ2n) is 5.39. The first-order valence-electron chi connectivity index (χ1n) is 6.44. The van der Waals surface area contributed by atoms with Gasteiger partial charge in [-0.3, -0.25) is 0 Å². The van der Waals surface area contributed by atoms with Crippen LogP contribution in [0.3, 0.4) is 0 Å². The third-order valence-corrected chi connectivity index (χ3v) is 5.18. The van der Waals surface area contributed by atoms with Crippen LogP contribution in [0.4, 0.5) is 5.69 Å². The molecule has 0 radical (unpaired) electrons. The second-order valence-corrected chi connectivity index (χ2v) is 7.11. The maximum absolute atomic E-state index is 12.3. The van der Waals surface area contributed by atoms with Gasteiger partial charge in [-0.1, -0.05) is 6.07 Å². The van der Waals surface area contributed by atoms with Crippen LogP contribution in [0.2, 0.25) is 0 Å². The third-order valence-electron chi connectivity index (χ3n) is 3.72. The SMILES string of the molecule is Nc1cccc(S(=O)(=O)NC(C2CC2)C2CC2)c1. The van der Waals surface area contributed by atoms with Gasteiger partial charge >= 0.3 is 0 Å². The highest BCUT2D eigenvalue weighted by Gasteiger charge is 2.43. The average Bonchev–Trinajstić information content (AvgIpc) is 3.17. The van der Waals surface area contributed by atoms with Crippen LogP contribution in [-0.4, -0.2) is 14.5 Å². The Bertz CT molecular complexity index is 536. The van der Waals surface area contributed by atoms with Crippen LogP contribution in [0, 0.1) is 11.8 Å². The van der Waals surface area contributed by atoms with Gasteiger partial charge < -0.3 is 5.73 Å². The largest absolute Gasteiger partial charge is 0.399 e. The number of nitrogens with one attached hydrogen (secondary N) is 1. The van der Waals surface area contributed by atoms with Crippen molar-refractivity contribution in [2.75, 3.05) is 5.73 Å². The van der Waals surface area contributed by atoms with Crippen molar-refractivity contribution < 1.29 is 8.42 Å². The Morgan fingerprint density at radius 3 is 2.28 bits per heavy atom.